The van der Waals surface area contributed by atoms with Gasteiger partial charge in [-0.15, -0.1) is 0 Å². The summed E-state index contributed by atoms with van der Waals surface area (Å²) in [6.07, 6.45) is 4.90. The Kier molecular flexibility index (Phi) is 5.01. The minimum atomic E-state index is -0.987. The highest BCUT2D eigenvalue weighted by atomic mass is 16.5. The quantitative estimate of drug-likeness (QED) is 0.366. The molecule has 7 heteroatoms. The van der Waals surface area contributed by atoms with Gasteiger partial charge in [-0.25, -0.2) is 4.79 Å². The highest BCUT2D eigenvalue weighted by molar-refractivity contribution is 5.93. The van der Waals surface area contributed by atoms with Crippen LogP contribution in [-0.4, -0.2) is 21.0 Å². The van der Waals surface area contributed by atoms with E-state index in [4.69, 9.17) is 14.3 Å². The van der Waals surface area contributed by atoms with Gasteiger partial charge in [0.2, 0.25) is 0 Å². The number of rotatable bonds is 5. The number of nitrogens with zero attached hydrogens (tertiary/aromatic N) is 3. The van der Waals surface area contributed by atoms with E-state index in [1.54, 1.807) is 61.1 Å². The maximum atomic E-state index is 11.1. The van der Waals surface area contributed by atoms with Crippen molar-refractivity contribution in [1.82, 2.24) is 9.97 Å². The van der Waals surface area contributed by atoms with Crippen molar-refractivity contribution < 1.29 is 19.1 Å². The molecule has 3 heterocycles. The number of nitriles is 1. The second-order valence-corrected chi connectivity index (χ2v) is 7.18. The van der Waals surface area contributed by atoms with Gasteiger partial charge < -0.3 is 14.3 Å². The molecule has 5 aromatic rings. The molecule has 7 nitrogen and oxygen atoms in total. The fourth-order valence-corrected chi connectivity index (χ4v) is 3.49. The summed E-state index contributed by atoms with van der Waals surface area (Å²) in [4.78, 5) is 19.5. The van der Waals surface area contributed by atoms with E-state index < -0.39 is 5.97 Å². The molecule has 0 atom stereocenters. The van der Waals surface area contributed by atoms with E-state index in [0.29, 0.717) is 33.9 Å². The molecule has 0 spiro atoms. The van der Waals surface area contributed by atoms with Crippen LogP contribution in [0.3, 0.4) is 0 Å². The average Bonchev–Trinajstić information content (AvgIpc) is 3.29. The van der Waals surface area contributed by atoms with Crippen LogP contribution >= 0.6 is 0 Å². The molecule has 0 fully saturated rings. The van der Waals surface area contributed by atoms with Crippen molar-refractivity contribution in [3.63, 3.8) is 0 Å². The Bertz CT molecular complexity index is 1520. The Morgan fingerprint density at radius 2 is 1.82 bits per heavy atom. The monoisotopic (exact) mass is 433 g/mol. The van der Waals surface area contributed by atoms with Gasteiger partial charge in [0.1, 0.15) is 28.8 Å². The number of benzene rings is 2. The van der Waals surface area contributed by atoms with Crippen molar-refractivity contribution in [1.29, 1.82) is 5.26 Å². The normalized spacial score (nSPS) is 10.6. The number of furan rings is 1. The van der Waals surface area contributed by atoms with Crippen molar-refractivity contribution in [3.05, 3.63) is 96.4 Å². The maximum Gasteiger partial charge on any atom is 0.335 e. The molecule has 0 unspecified atom stereocenters. The number of hydrogen-bond acceptors (Lipinski definition) is 6. The van der Waals surface area contributed by atoms with Crippen molar-refractivity contribution in [2.75, 3.05) is 0 Å². The summed E-state index contributed by atoms with van der Waals surface area (Å²) >= 11 is 0. The van der Waals surface area contributed by atoms with E-state index in [2.05, 4.69) is 16.0 Å². The van der Waals surface area contributed by atoms with Gasteiger partial charge in [0.25, 0.3) is 0 Å². The molecular formula is C26H15N3O4. The van der Waals surface area contributed by atoms with Gasteiger partial charge in [-0.3, -0.25) is 9.97 Å². The first-order valence-electron chi connectivity index (χ1n) is 9.97. The highest BCUT2D eigenvalue weighted by Gasteiger charge is 2.15. The molecule has 158 valence electrons. The third-order valence-electron chi connectivity index (χ3n) is 5.10. The lowest BCUT2D eigenvalue weighted by atomic mass is 10.0. The molecule has 0 saturated carbocycles. The van der Waals surface area contributed by atoms with E-state index in [-0.39, 0.29) is 5.56 Å². The van der Waals surface area contributed by atoms with Crippen molar-refractivity contribution in [2.24, 2.45) is 0 Å². The summed E-state index contributed by atoms with van der Waals surface area (Å²) < 4.78 is 11.9. The first-order valence-corrected chi connectivity index (χ1v) is 9.97. The molecule has 0 aliphatic carbocycles. The number of hydrogen-bond donors (Lipinski definition) is 1. The molecule has 5 rings (SSSR count). The predicted octanol–water partition coefficient (Wildman–Crippen LogP) is 5.92. The van der Waals surface area contributed by atoms with Gasteiger partial charge in [0, 0.05) is 29.6 Å². The molecule has 0 aliphatic rings. The first kappa shape index (κ1) is 20.0. The SMILES string of the molecule is N#Cc1cc(-c2ccnc3cc(-c4ccc(C(=O)O)cc4)oc23)ccc1Oc1cccnc1. The zero-order valence-corrected chi connectivity index (χ0v) is 17.1. The zero-order chi connectivity index (χ0) is 22.8. The number of aromatic nitrogens is 2. The second-order valence-electron chi connectivity index (χ2n) is 7.18. The van der Waals surface area contributed by atoms with Gasteiger partial charge >= 0.3 is 5.97 Å². The topological polar surface area (TPSA) is 109 Å². The molecule has 0 saturated heterocycles. The lowest BCUT2D eigenvalue weighted by molar-refractivity contribution is 0.0697. The predicted molar refractivity (Wildman–Crippen MR) is 121 cm³/mol. The van der Waals surface area contributed by atoms with Crippen LogP contribution in [0.4, 0.5) is 0 Å². The van der Waals surface area contributed by atoms with Crippen molar-refractivity contribution in [2.45, 2.75) is 0 Å². The number of fused-ring (bicyclic) bond motifs is 1. The molecule has 0 amide bonds. The maximum absolute atomic E-state index is 11.1. The minimum Gasteiger partial charge on any atom is -0.478 e. The molecule has 1 N–H and O–H groups in total. The number of carbonyl (C=O) groups is 1. The molecule has 2 aromatic carbocycles. The number of carboxylic acids is 1. The number of pyridine rings is 2. The van der Waals surface area contributed by atoms with Crippen LogP contribution in [0.5, 0.6) is 11.5 Å². The number of aromatic carboxylic acids is 1. The van der Waals surface area contributed by atoms with Crippen molar-refractivity contribution >= 4 is 17.1 Å². The molecule has 0 bridgehead atoms. The van der Waals surface area contributed by atoms with Gasteiger partial charge in [0.05, 0.1) is 17.3 Å². The zero-order valence-electron chi connectivity index (χ0n) is 17.1. The second kappa shape index (κ2) is 8.29. The summed E-state index contributed by atoms with van der Waals surface area (Å²) in [6, 6.07) is 21.1. The largest absolute Gasteiger partial charge is 0.478 e. The summed E-state index contributed by atoms with van der Waals surface area (Å²) in [5, 5.41) is 18.8. The fourth-order valence-electron chi connectivity index (χ4n) is 3.49. The lowest BCUT2D eigenvalue weighted by Gasteiger charge is -2.09. The Morgan fingerprint density at radius 1 is 1.00 bits per heavy atom. The molecule has 3 aromatic heterocycles. The summed E-state index contributed by atoms with van der Waals surface area (Å²) in [6.45, 7) is 0. The number of carboxylic acid groups (broad SMARTS) is 1. The molecular weight excluding hydrogens is 418 g/mol. The van der Waals surface area contributed by atoms with E-state index in [1.807, 2.05) is 12.1 Å². The first-order chi connectivity index (χ1) is 16.1. The molecule has 0 aliphatic heterocycles. The summed E-state index contributed by atoms with van der Waals surface area (Å²) in [7, 11) is 0. The fraction of sp³-hybridized carbons (Fsp3) is 0. The Hall–Kier alpha value is -4.96. The van der Waals surface area contributed by atoms with Gasteiger partial charge in [-0.2, -0.15) is 5.26 Å². The Labute approximate surface area is 188 Å². The summed E-state index contributed by atoms with van der Waals surface area (Å²) in [5.41, 5.74) is 4.08. The van der Waals surface area contributed by atoms with E-state index >= 15 is 0 Å². The van der Waals surface area contributed by atoms with Gasteiger partial charge in [-0.1, -0.05) is 18.2 Å². The van der Waals surface area contributed by atoms with Crippen LogP contribution in [0.15, 0.2) is 89.7 Å². The van der Waals surface area contributed by atoms with Crippen LogP contribution in [0, 0.1) is 11.3 Å². The van der Waals surface area contributed by atoms with Crippen LogP contribution in [0.2, 0.25) is 0 Å². The summed E-state index contributed by atoms with van der Waals surface area (Å²) in [5.74, 6) is 0.550. The average molecular weight is 433 g/mol. The van der Waals surface area contributed by atoms with Crippen LogP contribution in [-0.2, 0) is 0 Å². The molecule has 33 heavy (non-hydrogen) atoms. The standard InChI is InChI=1S/C26H15N3O4/c27-14-19-12-18(7-8-23(19)32-20-2-1-10-28-15-20)21-9-11-29-22-13-24(33-25(21)22)16-3-5-17(6-4-16)26(30)31/h1-13,15H,(H,30,31). The smallest absolute Gasteiger partial charge is 0.335 e. The Balaban J connectivity index is 1.53. The number of ether oxygens (including phenoxy) is 1. The van der Waals surface area contributed by atoms with E-state index in [9.17, 15) is 10.1 Å². The van der Waals surface area contributed by atoms with Crippen LogP contribution < -0.4 is 4.74 Å². The molecule has 0 radical (unpaired) electrons. The van der Waals surface area contributed by atoms with Gasteiger partial charge in [-0.05, 0) is 48.0 Å². The van der Waals surface area contributed by atoms with Crippen molar-refractivity contribution in [3.8, 4) is 40.0 Å². The Morgan fingerprint density at radius 3 is 2.55 bits per heavy atom. The van der Waals surface area contributed by atoms with E-state index in [1.165, 1.54) is 12.1 Å². The lowest BCUT2D eigenvalue weighted by Crippen LogP contribution is -1.94. The third-order valence-corrected chi connectivity index (χ3v) is 5.10. The van der Waals surface area contributed by atoms with E-state index in [0.717, 1.165) is 16.7 Å². The van der Waals surface area contributed by atoms with Crippen LogP contribution in [0.1, 0.15) is 15.9 Å². The third kappa shape index (κ3) is 3.89. The highest BCUT2D eigenvalue weighted by Crippen LogP contribution is 2.36. The van der Waals surface area contributed by atoms with Crippen LogP contribution in [0.25, 0.3) is 33.6 Å². The minimum absolute atomic E-state index is 0.200. The van der Waals surface area contributed by atoms with Gasteiger partial charge in [0.15, 0.2) is 5.58 Å².